The summed E-state index contributed by atoms with van der Waals surface area (Å²) in [6, 6.07) is 6.30. The first-order chi connectivity index (χ1) is 18.5. The number of carbonyl (C=O) groups is 5. The van der Waals surface area contributed by atoms with Gasteiger partial charge in [0.25, 0.3) is 11.8 Å². The number of fused-ring (bicyclic) bond motifs is 2. The molecule has 2 aliphatic heterocycles. The van der Waals surface area contributed by atoms with Crippen LogP contribution in [0.4, 0.5) is 10.5 Å². The first-order valence-corrected chi connectivity index (χ1v) is 12.8. The van der Waals surface area contributed by atoms with Crippen LogP contribution >= 0.6 is 11.3 Å². The number of thiazole rings is 1. The number of imide groups is 2. The van der Waals surface area contributed by atoms with Gasteiger partial charge in [0.15, 0.2) is 11.5 Å². The molecule has 3 aromatic rings. The fourth-order valence-electron chi connectivity index (χ4n) is 4.57. The number of ether oxygens (including phenoxy) is 2. The molecule has 1 unspecified atom stereocenters. The Labute approximate surface area is 226 Å². The Morgan fingerprint density at radius 1 is 1.05 bits per heavy atom. The van der Waals surface area contributed by atoms with Crippen LogP contribution < -0.4 is 25.4 Å². The molecule has 1 atom stereocenters. The molecule has 2 aromatic carbocycles. The van der Waals surface area contributed by atoms with Gasteiger partial charge in [-0.3, -0.25) is 29.4 Å². The molecule has 12 nitrogen and oxygen atoms in total. The van der Waals surface area contributed by atoms with Crippen molar-refractivity contribution in [2.45, 2.75) is 38.3 Å². The van der Waals surface area contributed by atoms with E-state index < -0.39 is 41.2 Å². The average molecular weight is 552 g/mol. The molecule has 1 fully saturated rings. The Morgan fingerprint density at radius 3 is 2.44 bits per heavy atom. The van der Waals surface area contributed by atoms with E-state index in [2.05, 4.69) is 20.9 Å². The van der Waals surface area contributed by atoms with E-state index in [1.165, 1.54) is 29.5 Å². The number of amides is 6. The third kappa shape index (κ3) is 4.65. The van der Waals surface area contributed by atoms with E-state index in [1.54, 1.807) is 20.3 Å². The number of carbonyl (C=O) groups excluding carboxylic acids is 5. The molecule has 6 amide bonds. The third-order valence-electron chi connectivity index (χ3n) is 6.55. The van der Waals surface area contributed by atoms with Crippen molar-refractivity contribution in [3.8, 4) is 11.5 Å². The molecule has 1 saturated heterocycles. The van der Waals surface area contributed by atoms with Crippen LogP contribution in [-0.4, -0.2) is 59.8 Å². The smallest absolute Gasteiger partial charge is 0.319 e. The van der Waals surface area contributed by atoms with Gasteiger partial charge >= 0.3 is 6.03 Å². The van der Waals surface area contributed by atoms with Gasteiger partial charge in [-0.05, 0) is 38.5 Å². The number of piperidine rings is 1. The number of urea groups is 1. The van der Waals surface area contributed by atoms with Crippen molar-refractivity contribution in [1.82, 2.24) is 20.5 Å². The number of hydrogen-bond donors (Lipinski definition) is 3. The number of anilines is 1. The predicted octanol–water partition coefficient (Wildman–Crippen LogP) is 2.77. The van der Waals surface area contributed by atoms with Gasteiger partial charge in [-0.2, -0.15) is 0 Å². The highest BCUT2D eigenvalue weighted by molar-refractivity contribution is 7.18. The summed E-state index contributed by atoms with van der Waals surface area (Å²) >= 11 is 1.40. The summed E-state index contributed by atoms with van der Waals surface area (Å²) in [5, 5.41) is 8.39. The van der Waals surface area contributed by atoms with Gasteiger partial charge < -0.3 is 20.1 Å². The predicted molar refractivity (Wildman–Crippen MR) is 141 cm³/mol. The second kappa shape index (κ2) is 9.66. The van der Waals surface area contributed by atoms with E-state index in [1.807, 2.05) is 19.9 Å². The minimum atomic E-state index is -1.07. The lowest BCUT2D eigenvalue weighted by Crippen LogP contribution is -2.54. The van der Waals surface area contributed by atoms with Crippen molar-refractivity contribution < 1.29 is 33.4 Å². The standard InChI is InChI=1S/C26H25N5O7S/c1-26(2,24-28-15-10-17(37-3)18(38-4)11-19(15)39-24)30-25(36)27-12-5-6-13-14(9-12)23(35)31(22(13)34)16-7-8-20(32)29-21(16)33/h5-6,9-11,16H,7-8H2,1-4H3,(H2,27,30,36)(H,29,32,33). The zero-order chi connectivity index (χ0) is 28.1. The summed E-state index contributed by atoms with van der Waals surface area (Å²) in [6.07, 6.45) is 0.0897. The maximum Gasteiger partial charge on any atom is 0.319 e. The van der Waals surface area contributed by atoms with Crippen LogP contribution in [0.15, 0.2) is 30.3 Å². The maximum absolute atomic E-state index is 13.0. The Balaban J connectivity index is 1.31. The lowest BCUT2D eigenvalue weighted by molar-refractivity contribution is -0.136. The Bertz CT molecular complexity index is 1520. The van der Waals surface area contributed by atoms with Gasteiger partial charge in [-0.25, -0.2) is 9.78 Å². The fraction of sp³-hybridized carbons (Fsp3) is 0.308. The Hall–Kier alpha value is -4.52. The second-order valence-corrected chi connectivity index (χ2v) is 10.6. The molecule has 13 heteroatoms. The van der Waals surface area contributed by atoms with Crippen molar-refractivity contribution in [1.29, 1.82) is 0 Å². The molecule has 0 radical (unpaired) electrons. The van der Waals surface area contributed by atoms with Gasteiger partial charge in [0.2, 0.25) is 11.8 Å². The van der Waals surface area contributed by atoms with Crippen molar-refractivity contribution in [3.63, 3.8) is 0 Å². The SMILES string of the molecule is COc1cc2nc(C(C)(C)NC(=O)Nc3ccc4c(c3)C(=O)N(C3CCC(=O)NC3=O)C4=O)sc2cc1OC. The minimum Gasteiger partial charge on any atom is -0.493 e. The number of aromatic nitrogens is 1. The molecule has 3 heterocycles. The maximum atomic E-state index is 13.0. The van der Waals surface area contributed by atoms with Crippen LogP contribution in [0.5, 0.6) is 11.5 Å². The van der Waals surface area contributed by atoms with E-state index in [4.69, 9.17) is 9.47 Å². The fourth-order valence-corrected chi connectivity index (χ4v) is 5.60. The van der Waals surface area contributed by atoms with Gasteiger partial charge in [-0.15, -0.1) is 11.3 Å². The highest BCUT2D eigenvalue weighted by Gasteiger charge is 2.44. The largest absolute Gasteiger partial charge is 0.493 e. The number of benzene rings is 2. The lowest BCUT2D eigenvalue weighted by Gasteiger charge is -2.27. The van der Waals surface area contributed by atoms with Crippen LogP contribution in [-0.2, 0) is 15.1 Å². The zero-order valence-electron chi connectivity index (χ0n) is 21.5. The highest BCUT2D eigenvalue weighted by Crippen LogP contribution is 2.37. The molecular weight excluding hydrogens is 526 g/mol. The number of nitrogens with zero attached hydrogens (tertiary/aromatic N) is 2. The molecular formula is C26H25N5O7S. The molecule has 202 valence electrons. The van der Waals surface area contributed by atoms with E-state index in [0.29, 0.717) is 22.0 Å². The number of methoxy groups -OCH3 is 2. The molecule has 2 aliphatic rings. The van der Waals surface area contributed by atoms with Crippen molar-refractivity contribution >= 4 is 56.9 Å². The molecule has 1 aromatic heterocycles. The van der Waals surface area contributed by atoms with Crippen molar-refractivity contribution in [2.75, 3.05) is 19.5 Å². The van der Waals surface area contributed by atoms with Crippen molar-refractivity contribution in [3.05, 3.63) is 46.5 Å². The lowest BCUT2D eigenvalue weighted by atomic mass is 10.0. The van der Waals surface area contributed by atoms with Crippen molar-refractivity contribution in [2.24, 2.45) is 0 Å². The van der Waals surface area contributed by atoms with E-state index >= 15 is 0 Å². The molecule has 0 bridgehead atoms. The van der Waals surface area contributed by atoms with E-state index in [-0.39, 0.29) is 29.7 Å². The average Bonchev–Trinajstić information content (AvgIpc) is 3.42. The third-order valence-corrected chi connectivity index (χ3v) is 7.89. The van der Waals surface area contributed by atoms with Gasteiger partial charge in [0.05, 0.1) is 41.1 Å². The molecule has 5 rings (SSSR count). The highest BCUT2D eigenvalue weighted by atomic mass is 32.1. The van der Waals surface area contributed by atoms with Crippen LogP contribution in [0.3, 0.4) is 0 Å². The summed E-state index contributed by atoms with van der Waals surface area (Å²) in [6.45, 7) is 3.61. The van der Waals surface area contributed by atoms with Crippen LogP contribution in [0.2, 0.25) is 0 Å². The first kappa shape index (κ1) is 26.1. The normalized spacial score (nSPS) is 17.2. The van der Waals surface area contributed by atoms with Crippen LogP contribution in [0.25, 0.3) is 10.2 Å². The minimum absolute atomic E-state index is 0.0301. The summed E-state index contributed by atoms with van der Waals surface area (Å²) in [5.74, 6) is -1.29. The molecule has 0 aliphatic carbocycles. The topological polar surface area (TPSA) is 156 Å². The molecule has 39 heavy (non-hydrogen) atoms. The van der Waals surface area contributed by atoms with E-state index in [9.17, 15) is 24.0 Å². The van der Waals surface area contributed by atoms with Gasteiger partial charge in [0.1, 0.15) is 11.0 Å². The second-order valence-electron chi connectivity index (χ2n) is 9.61. The molecule has 3 N–H and O–H groups in total. The van der Waals surface area contributed by atoms with Crippen LogP contribution in [0.1, 0.15) is 52.4 Å². The number of nitrogens with one attached hydrogen (secondary N) is 3. The molecule has 0 spiro atoms. The number of rotatable bonds is 6. The molecule has 0 saturated carbocycles. The summed E-state index contributed by atoms with van der Waals surface area (Å²) in [7, 11) is 3.10. The first-order valence-electron chi connectivity index (χ1n) is 12.0. The van der Waals surface area contributed by atoms with Gasteiger partial charge in [-0.1, -0.05) is 0 Å². The summed E-state index contributed by atoms with van der Waals surface area (Å²) in [5.41, 5.74) is 0.309. The van der Waals surface area contributed by atoms with Gasteiger partial charge in [0, 0.05) is 24.2 Å². The summed E-state index contributed by atoms with van der Waals surface area (Å²) in [4.78, 5) is 68.1. The monoisotopic (exact) mass is 551 g/mol. The quantitative estimate of drug-likeness (QED) is 0.395. The Morgan fingerprint density at radius 2 is 1.74 bits per heavy atom. The zero-order valence-corrected chi connectivity index (χ0v) is 22.4. The Kier molecular flexibility index (Phi) is 6.46. The summed E-state index contributed by atoms with van der Waals surface area (Å²) < 4.78 is 11.6. The van der Waals surface area contributed by atoms with E-state index in [0.717, 1.165) is 9.60 Å². The number of hydrogen-bond acceptors (Lipinski definition) is 9. The van der Waals surface area contributed by atoms with Crippen LogP contribution in [0, 0.1) is 0 Å².